The highest BCUT2D eigenvalue weighted by Crippen LogP contribution is 2.22. The highest BCUT2D eigenvalue weighted by molar-refractivity contribution is 5.27. The van der Waals surface area contributed by atoms with Crippen molar-refractivity contribution >= 4 is 0 Å². The molecule has 0 saturated carbocycles. The number of rotatable bonds is 4. The number of morpholine rings is 1. The Bertz CT molecular complexity index is 428. The second-order valence-corrected chi connectivity index (χ2v) is 5.67. The molecule has 1 aliphatic heterocycles. The molecule has 0 aliphatic carbocycles. The number of ether oxygens (including phenoxy) is 1. The van der Waals surface area contributed by atoms with Crippen molar-refractivity contribution in [2.45, 2.75) is 38.3 Å². The maximum absolute atomic E-state index is 13.1. The topological polar surface area (TPSA) is 41.5 Å². The average molecular weight is 267 g/mol. The molecule has 0 radical (unpaired) electrons. The van der Waals surface area contributed by atoms with Gasteiger partial charge in [0.15, 0.2) is 0 Å². The van der Waals surface area contributed by atoms with E-state index in [-0.39, 0.29) is 11.9 Å². The monoisotopic (exact) mass is 267 g/mol. The molecule has 4 heteroatoms. The second kappa shape index (κ2) is 5.99. The Morgan fingerprint density at radius 2 is 2.32 bits per heavy atom. The molecule has 1 aliphatic rings. The third-order valence-electron chi connectivity index (χ3n) is 3.56. The van der Waals surface area contributed by atoms with Crippen LogP contribution in [0.3, 0.4) is 0 Å². The van der Waals surface area contributed by atoms with Gasteiger partial charge >= 0.3 is 0 Å². The highest BCUT2D eigenvalue weighted by atomic mass is 19.1. The fraction of sp³-hybridized carbons (Fsp3) is 0.600. The number of aliphatic hydroxyl groups is 1. The summed E-state index contributed by atoms with van der Waals surface area (Å²) in [6, 6.07) is 4.89. The van der Waals surface area contributed by atoms with Gasteiger partial charge in [0.2, 0.25) is 0 Å². The van der Waals surface area contributed by atoms with E-state index >= 15 is 0 Å². The molecule has 2 atom stereocenters. The van der Waals surface area contributed by atoms with Gasteiger partial charge in [-0.05, 0) is 43.5 Å². The van der Waals surface area contributed by atoms with E-state index in [1.165, 1.54) is 12.1 Å². The summed E-state index contributed by atoms with van der Waals surface area (Å²) in [7, 11) is 0. The van der Waals surface area contributed by atoms with Gasteiger partial charge in [0.1, 0.15) is 5.82 Å². The molecule has 0 spiro atoms. The number of aryl methyl sites for hydroxylation is 1. The zero-order valence-electron chi connectivity index (χ0n) is 11.6. The van der Waals surface area contributed by atoms with Gasteiger partial charge < -0.3 is 15.2 Å². The molecule has 0 aromatic heterocycles. The zero-order chi connectivity index (χ0) is 13.9. The molecule has 0 amide bonds. The summed E-state index contributed by atoms with van der Waals surface area (Å²) in [6.45, 7) is 5.90. The molecule has 1 saturated heterocycles. The van der Waals surface area contributed by atoms with Crippen LogP contribution in [-0.4, -0.2) is 36.5 Å². The van der Waals surface area contributed by atoms with Gasteiger partial charge in [-0.25, -0.2) is 4.39 Å². The van der Waals surface area contributed by atoms with Gasteiger partial charge in [-0.1, -0.05) is 6.07 Å². The predicted octanol–water partition coefficient (Wildman–Crippen LogP) is 1.81. The van der Waals surface area contributed by atoms with Gasteiger partial charge in [0.25, 0.3) is 0 Å². The molecular weight excluding hydrogens is 245 g/mol. The van der Waals surface area contributed by atoms with Crippen molar-refractivity contribution < 1.29 is 14.2 Å². The lowest BCUT2D eigenvalue weighted by Crippen LogP contribution is -2.46. The highest BCUT2D eigenvalue weighted by Gasteiger charge is 2.27. The van der Waals surface area contributed by atoms with E-state index in [2.05, 4.69) is 5.32 Å². The molecule has 1 fully saturated rings. The molecule has 2 unspecified atom stereocenters. The van der Waals surface area contributed by atoms with Crippen molar-refractivity contribution in [1.29, 1.82) is 0 Å². The Hall–Kier alpha value is -0.970. The summed E-state index contributed by atoms with van der Waals surface area (Å²) in [5, 5.41) is 13.9. The molecule has 1 aromatic rings. The summed E-state index contributed by atoms with van der Waals surface area (Å²) in [4.78, 5) is 0. The lowest BCUT2D eigenvalue weighted by atomic mass is 9.88. The van der Waals surface area contributed by atoms with Gasteiger partial charge in [0, 0.05) is 19.0 Å². The molecular formula is C15H22FNO2. The first-order chi connectivity index (χ1) is 8.96. The van der Waals surface area contributed by atoms with Crippen LogP contribution in [0.2, 0.25) is 0 Å². The summed E-state index contributed by atoms with van der Waals surface area (Å²) in [5.74, 6) is -0.233. The minimum Gasteiger partial charge on any atom is -0.390 e. The van der Waals surface area contributed by atoms with E-state index in [4.69, 9.17) is 4.74 Å². The van der Waals surface area contributed by atoms with Gasteiger partial charge in [-0.2, -0.15) is 0 Å². The molecule has 0 bridgehead atoms. The minimum atomic E-state index is -0.818. The fourth-order valence-corrected chi connectivity index (χ4v) is 2.62. The van der Waals surface area contributed by atoms with E-state index in [9.17, 15) is 9.50 Å². The first kappa shape index (κ1) is 14.4. The lowest BCUT2D eigenvalue weighted by Gasteiger charge is -2.32. The molecule has 19 heavy (non-hydrogen) atoms. The van der Waals surface area contributed by atoms with E-state index in [0.717, 1.165) is 24.3 Å². The predicted molar refractivity (Wildman–Crippen MR) is 72.7 cm³/mol. The number of halogens is 1. The number of hydrogen-bond donors (Lipinski definition) is 2. The van der Waals surface area contributed by atoms with Crippen molar-refractivity contribution in [2.24, 2.45) is 0 Å². The Morgan fingerprint density at radius 1 is 1.53 bits per heavy atom. The van der Waals surface area contributed by atoms with E-state index in [1.54, 1.807) is 6.07 Å². The summed E-state index contributed by atoms with van der Waals surface area (Å²) >= 11 is 0. The quantitative estimate of drug-likeness (QED) is 0.874. The number of benzene rings is 1. The van der Waals surface area contributed by atoms with Crippen molar-refractivity contribution in [3.63, 3.8) is 0 Å². The van der Waals surface area contributed by atoms with Gasteiger partial charge in [-0.15, -0.1) is 0 Å². The minimum absolute atomic E-state index is 0.185. The third kappa shape index (κ3) is 4.27. The SMILES string of the molecule is Cc1cc(F)ccc1CC(C)(O)CC1COCCN1. The van der Waals surface area contributed by atoms with E-state index < -0.39 is 5.60 Å². The Morgan fingerprint density at radius 3 is 2.95 bits per heavy atom. The van der Waals surface area contributed by atoms with Gasteiger partial charge in [0.05, 0.1) is 18.8 Å². The zero-order valence-corrected chi connectivity index (χ0v) is 11.6. The van der Waals surface area contributed by atoms with E-state index in [1.807, 2.05) is 13.8 Å². The van der Waals surface area contributed by atoms with Crippen molar-refractivity contribution in [2.75, 3.05) is 19.8 Å². The first-order valence-electron chi connectivity index (χ1n) is 6.75. The second-order valence-electron chi connectivity index (χ2n) is 5.67. The summed E-state index contributed by atoms with van der Waals surface area (Å²) in [6.07, 6.45) is 1.15. The molecule has 1 aromatic carbocycles. The Balaban J connectivity index is 1.99. The summed E-state index contributed by atoms with van der Waals surface area (Å²) < 4.78 is 18.5. The van der Waals surface area contributed by atoms with Crippen LogP contribution in [0, 0.1) is 12.7 Å². The maximum atomic E-state index is 13.1. The first-order valence-corrected chi connectivity index (χ1v) is 6.75. The smallest absolute Gasteiger partial charge is 0.123 e. The lowest BCUT2D eigenvalue weighted by molar-refractivity contribution is 0.00641. The largest absolute Gasteiger partial charge is 0.390 e. The molecule has 3 nitrogen and oxygen atoms in total. The van der Waals surface area contributed by atoms with Crippen LogP contribution in [0.4, 0.5) is 4.39 Å². The fourth-order valence-electron chi connectivity index (χ4n) is 2.62. The van der Waals surface area contributed by atoms with Crippen molar-refractivity contribution in [3.05, 3.63) is 35.1 Å². The molecule has 2 rings (SSSR count). The van der Waals surface area contributed by atoms with Crippen LogP contribution in [0.5, 0.6) is 0 Å². The Kier molecular flexibility index (Phi) is 4.55. The van der Waals surface area contributed by atoms with Crippen LogP contribution in [-0.2, 0) is 11.2 Å². The van der Waals surface area contributed by atoms with Gasteiger partial charge in [-0.3, -0.25) is 0 Å². The molecule has 106 valence electrons. The third-order valence-corrected chi connectivity index (χ3v) is 3.56. The van der Waals surface area contributed by atoms with Crippen LogP contribution in [0.25, 0.3) is 0 Å². The average Bonchev–Trinajstić information content (AvgIpc) is 2.33. The Labute approximate surface area is 113 Å². The van der Waals surface area contributed by atoms with Crippen molar-refractivity contribution in [3.8, 4) is 0 Å². The summed E-state index contributed by atoms with van der Waals surface area (Å²) in [5.41, 5.74) is 1.05. The number of nitrogens with one attached hydrogen (secondary N) is 1. The standard InChI is InChI=1S/C15H22FNO2/c1-11-7-13(16)4-3-12(11)8-15(2,18)9-14-10-19-6-5-17-14/h3-4,7,14,17-18H,5-6,8-10H2,1-2H3. The van der Waals surface area contributed by atoms with E-state index in [0.29, 0.717) is 19.4 Å². The van der Waals surface area contributed by atoms with Crippen LogP contribution in [0.15, 0.2) is 18.2 Å². The molecule has 1 heterocycles. The van der Waals surface area contributed by atoms with Crippen molar-refractivity contribution in [1.82, 2.24) is 5.32 Å². The molecule has 2 N–H and O–H groups in total. The van der Waals surface area contributed by atoms with Crippen LogP contribution in [0.1, 0.15) is 24.5 Å². The number of hydrogen-bond acceptors (Lipinski definition) is 3. The maximum Gasteiger partial charge on any atom is 0.123 e. The van der Waals surface area contributed by atoms with Crippen LogP contribution < -0.4 is 5.32 Å². The van der Waals surface area contributed by atoms with Crippen LogP contribution >= 0.6 is 0 Å². The normalized spacial score (nSPS) is 23.1.